The third kappa shape index (κ3) is 6.14. The molecule has 7 nitrogen and oxygen atoms in total. The summed E-state index contributed by atoms with van der Waals surface area (Å²) in [6.45, 7) is 2.18. The Morgan fingerprint density at radius 1 is 1.27 bits per heavy atom. The van der Waals surface area contributed by atoms with Gasteiger partial charge in [-0.3, -0.25) is 4.72 Å². The summed E-state index contributed by atoms with van der Waals surface area (Å²) in [4.78, 5) is 8.56. The fraction of sp³-hybridized carbons (Fsp3) is 0.333. The lowest BCUT2D eigenvalue weighted by atomic mass is 10.2. The maximum absolute atomic E-state index is 13.5. The third-order valence-electron chi connectivity index (χ3n) is 4.92. The van der Waals surface area contributed by atoms with Gasteiger partial charge in [0.05, 0.1) is 28.6 Å². The van der Waals surface area contributed by atoms with Crippen LogP contribution in [0, 0.1) is 5.82 Å². The van der Waals surface area contributed by atoms with Crippen LogP contribution in [0.3, 0.4) is 0 Å². The number of halogens is 2. The number of nitrogens with zero attached hydrogens (tertiary/aromatic N) is 2. The Morgan fingerprint density at radius 2 is 2.12 bits per heavy atom. The number of ether oxygens (including phenoxy) is 1. The molecule has 3 aromatic rings. The van der Waals surface area contributed by atoms with E-state index in [2.05, 4.69) is 20.0 Å². The van der Waals surface area contributed by atoms with Crippen molar-refractivity contribution in [2.45, 2.75) is 25.0 Å². The molecular weight excluding hydrogens is 507 g/mol. The van der Waals surface area contributed by atoms with Crippen molar-refractivity contribution in [3.05, 3.63) is 47.5 Å². The molecule has 2 aromatic carbocycles. The molecule has 12 heteroatoms. The first kappa shape index (κ1) is 24.2. The minimum atomic E-state index is -3.59. The highest BCUT2D eigenvalue weighted by atomic mass is 35.5. The SMILES string of the molecule is CCOc1cc2ncnc(Nc3ccc(F)c(Cl)c3)c2cc1NS(=O)(=O)CCC1CCSS1. The second-order valence-electron chi connectivity index (χ2n) is 7.31. The summed E-state index contributed by atoms with van der Waals surface area (Å²) in [5.41, 5.74) is 1.41. The fourth-order valence-corrected chi connectivity index (χ4v) is 7.82. The average Bonchev–Trinajstić information content (AvgIpc) is 3.30. The molecule has 0 spiro atoms. The second kappa shape index (κ2) is 10.5. The Labute approximate surface area is 204 Å². The van der Waals surface area contributed by atoms with E-state index in [1.807, 2.05) is 6.92 Å². The molecule has 33 heavy (non-hydrogen) atoms. The molecule has 0 bridgehead atoms. The molecule has 4 rings (SSSR count). The van der Waals surface area contributed by atoms with Crippen LogP contribution in [0.2, 0.25) is 5.02 Å². The minimum Gasteiger partial charge on any atom is -0.492 e. The van der Waals surface area contributed by atoms with Gasteiger partial charge in [0.15, 0.2) is 0 Å². The Balaban J connectivity index is 1.65. The Kier molecular flexibility index (Phi) is 7.72. The van der Waals surface area contributed by atoms with Gasteiger partial charge in [0, 0.05) is 28.1 Å². The van der Waals surface area contributed by atoms with E-state index in [0.29, 0.717) is 52.1 Å². The highest BCUT2D eigenvalue weighted by molar-refractivity contribution is 8.77. The molecule has 1 aromatic heterocycles. The maximum Gasteiger partial charge on any atom is 0.232 e. The van der Waals surface area contributed by atoms with Gasteiger partial charge in [-0.15, -0.1) is 0 Å². The van der Waals surface area contributed by atoms with Crippen LogP contribution in [0.15, 0.2) is 36.7 Å². The van der Waals surface area contributed by atoms with Crippen molar-refractivity contribution in [3.8, 4) is 5.75 Å². The first-order valence-electron chi connectivity index (χ1n) is 10.3. The summed E-state index contributed by atoms with van der Waals surface area (Å²) in [6, 6.07) is 7.55. The summed E-state index contributed by atoms with van der Waals surface area (Å²) in [5, 5.41) is 3.99. The summed E-state index contributed by atoms with van der Waals surface area (Å²) < 4.78 is 47.5. The van der Waals surface area contributed by atoms with Gasteiger partial charge < -0.3 is 10.1 Å². The van der Waals surface area contributed by atoms with Gasteiger partial charge in [0.25, 0.3) is 0 Å². The van der Waals surface area contributed by atoms with Crippen molar-refractivity contribution in [2.75, 3.05) is 28.2 Å². The molecule has 1 unspecified atom stereocenters. The van der Waals surface area contributed by atoms with E-state index in [-0.39, 0.29) is 10.8 Å². The van der Waals surface area contributed by atoms with Crippen molar-refractivity contribution < 1.29 is 17.5 Å². The lowest BCUT2D eigenvalue weighted by Gasteiger charge is -2.16. The summed E-state index contributed by atoms with van der Waals surface area (Å²) in [5.74, 6) is 1.36. The Hall–Kier alpha value is -1.95. The summed E-state index contributed by atoms with van der Waals surface area (Å²) in [6.07, 6.45) is 2.99. The molecule has 0 saturated carbocycles. The lowest BCUT2D eigenvalue weighted by Crippen LogP contribution is -2.19. The molecule has 0 aliphatic carbocycles. The topological polar surface area (TPSA) is 93.2 Å². The van der Waals surface area contributed by atoms with E-state index >= 15 is 0 Å². The molecule has 1 aliphatic rings. The normalized spacial score (nSPS) is 16.2. The van der Waals surface area contributed by atoms with Crippen LogP contribution in [0.25, 0.3) is 10.9 Å². The standard InChI is InChI=1S/C21H22ClFN4O3S3/c1-2-30-20-11-18-15(10-19(20)27-33(28,29)8-6-14-5-7-31-32-14)21(25-12-24-18)26-13-3-4-17(23)16(22)9-13/h3-4,9-12,14,27H,2,5-8H2,1H3,(H,24,25,26). The van der Waals surface area contributed by atoms with E-state index in [0.717, 1.165) is 12.2 Å². The minimum absolute atomic E-state index is 0.0238. The van der Waals surface area contributed by atoms with Crippen LogP contribution in [-0.2, 0) is 10.0 Å². The van der Waals surface area contributed by atoms with Crippen LogP contribution in [-0.4, -0.2) is 41.7 Å². The number of fused-ring (bicyclic) bond motifs is 1. The molecule has 1 saturated heterocycles. The molecule has 2 N–H and O–H groups in total. The van der Waals surface area contributed by atoms with Gasteiger partial charge in [-0.1, -0.05) is 33.2 Å². The third-order valence-corrected chi connectivity index (χ3v) is 9.52. The number of nitrogens with one attached hydrogen (secondary N) is 2. The van der Waals surface area contributed by atoms with Crippen LogP contribution < -0.4 is 14.8 Å². The number of hydrogen-bond acceptors (Lipinski definition) is 8. The molecule has 1 atom stereocenters. The molecule has 1 fully saturated rings. The molecule has 2 heterocycles. The first-order chi connectivity index (χ1) is 15.8. The van der Waals surface area contributed by atoms with E-state index in [9.17, 15) is 12.8 Å². The lowest BCUT2D eigenvalue weighted by molar-refractivity contribution is 0.342. The van der Waals surface area contributed by atoms with Crippen molar-refractivity contribution in [2.24, 2.45) is 0 Å². The number of benzene rings is 2. The van der Waals surface area contributed by atoms with Crippen LogP contribution >= 0.6 is 33.2 Å². The van der Waals surface area contributed by atoms with Crippen molar-refractivity contribution >= 4 is 71.3 Å². The van der Waals surface area contributed by atoms with Gasteiger partial charge >= 0.3 is 0 Å². The largest absolute Gasteiger partial charge is 0.492 e. The zero-order chi connectivity index (χ0) is 23.4. The van der Waals surface area contributed by atoms with Gasteiger partial charge in [-0.25, -0.2) is 22.8 Å². The van der Waals surface area contributed by atoms with Crippen molar-refractivity contribution in [1.82, 2.24) is 9.97 Å². The second-order valence-corrected chi connectivity index (χ2v) is 12.3. The number of anilines is 3. The van der Waals surface area contributed by atoms with Gasteiger partial charge in [-0.05, 0) is 44.0 Å². The molecular formula is C21H22ClFN4O3S3. The van der Waals surface area contributed by atoms with Crippen molar-refractivity contribution in [3.63, 3.8) is 0 Å². The van der Waals surface area contributed by atoms with Crippen LogP contribution in [0.4, 0.5) is 21.6 Å². The molecule has 1 aliphatic heterocycles. The number of aromatic nitrogens is 2. The van der Waals surface area contributed by atoms with Gasteiger partial charge in [0.2, 0.25) is 10.0 Å². The zero-order valence-corrected chi connectivity index (χ0v) is 20.9. The number of sulfonamides is 1. The monoisotopic (exact) mass is 528 g/mol. The Bertz CT molecular complexity index is 1260. The summed E-state index contributed by atoms with van der Waals surface area (Å²) in [7, 11) is -0.0548. The molecule has 0 amide bonds. The number of hydrogen-bond donors (Lipinski definition) is 2. The smallest absolute Gasteiger partial charge is 0.232 e. The summed E-state index contributed by atoms with van der Waals surface area (Å²) >= 11 is 5.88. The van der Waals surface area contributed by atoms with E-state index in [4.69, 9.17) is 16.3 Å². The van der Waals surface area contributed by atoms with E-state index in [1.165, 1.54) is 24.5 Å². The highest BCUT2D eigenvalue weighted by Gasteiger charge is 2.22. The highest BCUT2D eigenvalue weighted by Crippen LogP contribution is 2.39. The molecule has 0 radical (unpaired) electrons. The average molecular weight is 529 g/mol. The fourth-order valence-electron chi connectivity index (χ4n) is 3.32. The van der Waals surface area contributed by atoms with E-state index < -0.39 is 15.8 Å². The Morgan fingerprint density at radius 3 is 2.85 bits per heavy atom. The van der Waals surface area contributed by atoms with Crippen molar-refractivity contribution in [1.29, 1.82) is 0 Å². The zero-order valence-electron chi connectivity index (χ0n) is 17.7. The number of rotatable bonds is 9. The van der Waals surface area contributed by atoms with Gasteiger partial charge in [-0.2, -0.15) is 0 Å². The van der Waals surface area contributed by atoms with Gasteiger partial charge in [0.1, 0.15) is 23.7 Å². The van der Waals surface area contributed by atoms with Crippen LogP contribution in [0.5, 0.6) is 5.75 Å². The van der Waals surface area contributed by atoms with Crippen LogP contribution in [0.1, 0.15) is 19.8 Å². The maximum atomic E-state index is 13.5. The molecule has 176 valence electrons. The first-order valence-corrected chi connectivity index (χ1v) is 14.7. The predicted molar refractivity (Wildman–Crippen MR) is 136 cm³/mol. The predicted octanol–water partition coefficient (Wildman–Crippen LogP) is 5.85. The van der Waals surface area contributed by atoms with E-state index in [1.54, 1.807) is 33.7 Å². The quantitative estimate of drug-likeness (QED) is 0.334.